The van der Waals surface area contributed by atoms with E-state index in [9.17, 15) is 5.11 Å². The number of nitrogens with one attached hydrogen (secondary N) is 1. The minimum Gasteiger partial charge on any atom is -0.389 e. The maximum absolute atomic E-state index is 10.4. The number of nitrogens with zero attached hydrogens (tertiary/aromatic N) is 1. The number of halogens is 1. The maximum Gasteiger partial charge on any atom is 0.0915 e. The molecule has 2 aromatic carbocycles. The van der Waals surface area contributed by atoms with Gasteiger partial charge in [0.1, 0.15) is 0 Å². The molecule has 0 aliphatic carbocycles. The molecule has 1 fully saturated rings. The molecule has 2 N–H and O–H groups in total. The fourth-order valence-corrected chi connectivity index (χ4v) is 3.21. The summed E-state index contributed by atoms with van der Waals surface area (Å²) in [4.78, 5) is 2.18. The number of likely N-dealkylation sites (tertiary alicyclic amines) is 1. The lowest BCUT2D eigenvalue weighted by Gasteiger charge is -2.36. The lowest BCUT2D eigenvalue weighted by Crippen LogP contribution is -2.47. The van der Waals surface area contributed by atoms with E-state index in [1.54, 1.807) is 0 Å². The third-order valence-electron chi connectivity index (χ3n) is 4.07. The average molecular weight is 373 g/mol. The standard InChI is InChI=1S/C19H21BrN2O/c20-16-7-4-8-17(13-16)21-18-10-12-22(14-19(18)23)11-9-15-5-2-1-3-6-15/h1-9,11,13,18-19,21,23H,10,12,14H2. The van der Waals surface area contributed by atoms with Crippen molar-refractivity contribution in [2.24, 2.45) is 0 Å². The van der Waals surface area contributed by atoms with Crippen LogP contribution >= 0.6 is 15.9 Å². The van der Waals surface area contributed by atoms with Gasteiger partial charge in [0.25, 0.3) is 0 Å². The number of anilines is 1. The zero-order chi connectivity index (χ0) is 16.1. The van der Waals surface area contributed by atoms with Crippen molar-refractivity contribution in [2.75, 3.05) is 18.4 Å². The molecule has 0 bridgehead atoms. The van der Waals surface area contributed by atoms with Crippen molar-refractivity contribution in [1.29, 1.82) is 0 Å². The van der Waals surface area contributed by atoms with Gasteiger partial charge in [-0.15, -0.1) is 0 Å². The topological polar surface area (TPSA) is 35.5 Å². The molecule has 0 saturated carbocycles. The number of aliphatic hydroxyl groups excluding tert-OH is 1. The van der Waals surface area contributed by atoms with Crippen LogP contribution in [-0.4, -0.2) is 35.2 Å². The molecule has 1 saturated heterocycles. The summed E-state index contributed by atoms with van der Waals surface area (Å²) in [5, 5.41) is 13.9. The quantitative estimate of drug-likeness (QED) is 0.852. The van der Waals surface area contributed by atoms with E-state index in [-0.39, 0.29) is 12.1 Å². The van der Waals surface area contributed by atoms with Crippen LogP contribution in [0.1, 0.15) is 12.0 Å². The lowest BCUT2D eigenvalue weighted by molar-refractivity contribution is 0.0823. The Morgan fingerprint density at radius 1 is 1.13 bits per heavy atom. The minimum atomic E-state index is -0.386. The van der Waals surface area contributed by atoms with Crippen molar-refractivity contribution < 1.29 is 5.11 Å². The zero-order valence-electron chi connectivity index (χ0n) is 12.9. The van der Waals surface area contributed by atoms with Gasteiger partial charge in [-0.2, -0.15) is 0 Å². The molecule has 1 heterocycles. The molecule has 4 heteroatoms. The SMILES string of the molecule is OC1CN(C=Cc2ccccc2)CCC1Nc1cccc(Br)c1. The highest BCUT2D eigenvalue weighted by atomic mass is 79.9. The smallest absolute Gasteiger partial charge is 0.0915 e. The first kappa shape index (κ1) is 16.1. The van der Waals surface area contributed by atoms with E-state index < -0.39 is 0 Å². The van der Waals surface area contributed by atoms with Gasteiger partial charge in [0.15, 0.2) is 0 Å². The van der Waals surface area contributed by atoms with Crippen LogP contribution in [0.15, 0.2) is 65.3 Å². The highest BCUT2D eigenvalue weighted by Crippen LogP contribution is 2.20. The first-order chi connectivity index (χ1) is 11.2. The van der Waals surface area contributed by atoms with E-state index in [0.717, 1.165) is 23.1 Å². The Morgan fingerprint density at radius 2 is 1.96 bits per heavy atom. The van der Waals surface area contributed by atoms with Gasteiger partial charge < -0.3 is 15.3 Å². The highest BCUT2D eigenvalue weighted by molar-refractivity contribution is 9.10. The van der Waals surface area contributed by atoms with Crippen molar-refractivity contribution in [2.45, 2.75) is 18.6 Å². The van der Waals surface area contributed by atoms with Crippen LogP contribution in [0.25, 0.3) is 6.08 Å². The number of β-amino-alcohol motifs (C(OH)–C–C–N with tert-alkyl or cyclic N) is 1. The van der Waals surface area contributed by atoms with Gasteiger partial charge in [0.05, 0.1) is 12.1 Å². The second kappa shape index (κ2) is 7.66. The predicted octanol–water partition coefficient (Wildman–Crippen LogP) is 3.97. The van der Waals surface area contributed by atoms with Gasteiger partial charge in [-0.05, 0) is 42.5 Å². The maximum atomic E-state index is 10.4. The third-order valence-corrected chi connectivity index (χ3v) is 4.56. The molecule has 1 aliphatic rings. The molecular formula is C19H21BrN2O. The fourth-order valence-electron chi connectivity index (χ4n) is 2.81. The normalized spacial score (nSPS) is 21.6. The van der Waals surface area contributed by atoms with Crippen LogP contribution < -0.4 is 5.32 Å². The van der Waals surface area contributed by atoms with E-state index in [1.165, 1.54) is 5.56 Å². The van der Waals surface area contributed by atoms with Crippen LogP contribution in [-0.2, 0) is 0 Å². The monoisotopic (exact) mass is 372 g/mol. The van der Waals surface area contributed by atoms with Crippen molar-refractivity contribution in [3.8, 4) is 0 Å². The molecule has 2 unspecified atom stereocenters. The summed E-state index contributed by atoms with van der Waals surface area (Å²) in [5.41, 5.74) is 2.22. The summed E-state index contributed by atoms with van der Waals surface area (Å²) in [5.74, 6) is 0. The van der Waals surface area contributed by atoms with Gasteiger partial charge >= 0.3 is 0 Å². The van der Waals surface area contributed by atoms with Crippen molar-refractivity contribution in [3.63, 3.8) is 0 Å². The summed E-state index contributed by atoms with van der Waals surface area (Å²) in [6.45, 7) is 1.58. The molecule has 0 aromatic heterocycles. The molecule has 3 rings (SSSR count). The first-order valence-corrected chi connectivity index (χ1v) is 8.67. The molecule has 3 nitrogen and oxygen atoms in total. The minimum absolute atomic E-state index is 0.0886. The molecule has 2 aromatic rings. The van der Waals surface area contributed by atoms with Gasteiger partial charge in [-0.3, -0.25) is 0 Å². The summed E-state index contributed by atoms with van der Waals surface area (Å²) in [6.07, 6.45) is 4.69. The van der Waals surface area contributed by atoms with Crippen molar-refractivity contribution in [3.05, 3.63) is 70.8 Å². The Morgan fingerprint density at radius 3 is 2.70 bits per heavy atom. The molecule has 1 aliphatic heterocycles. The Hall–Kier alpha value is -1.78. The molecule has 0 amide bonds. The molecule has 0 spiro atoms. The molecule has 120 valence electrons. The average Bonchev–Trinajstić information content (AvgIpc) is 2.56. The Bertz CT molecular complexity index is 659. The number of piperidine rings is 1. The van der Waals surface area contributed by atoms with Crippen LogP contribution in [0.4, 0.5) is 5.69 Å². The highest BCUT2D eigenvalue weighted by Gasteiger charge is 2.26. The third kappa shape index (κ3) is 4.60. The van der Waals surface area contributed by atoms with E-state index in [4.69, 9.17) is 0 Å². The Labute approximate surface area is 145 Å². The van der Waals surface area contributed by atoms with Crippen molar-refractivity contribution in [1.82, 2.24) is 4.90 Å². The lowest BCUT2D eigenvalue weighted by atomic mass is 10.0. The van der Waals surface area contributed by atoms with Gasteiger partial charge in [-0.25, -0.2) is 0 Å². The summed E-state index contributed by atoms with van der Waals surface area (Å²) >= 11 is 3.47. The second-order valence-electron chi connectivity index (χ2n) is 5.84. The number of aliphatic hydroxyl groups is 1. The van der Waals surface area contributed by atoms with E-state index in [2.05, 4.69) is 50.6 Å². The fraction of sp³-hybridized carbons (Fsp3) is 0.263. The van der Waals surface area contributed by atoms with Crippen molar-refractivity contribution >= 4 is 27.7 Å². The van der Waals surface area contributed by atoms with Crippen LogP contribution in [0.5, 0.6) is 0 Å². The Balaban J connectivity index is 1.56. The van der Waals surface area contributed by atoms with E-state index in [0.29, 0.717) is 6.54 Å². The summed E-state index contributed by atoms with van der Waals surface area (Å²) < 4.78 is 1.04. The zero-order valence-corrected chi connectivity index (χ0v) is 14.5. The first-order valence-electron chi connectivity index (χ1n) is 7.88. The molecule has 23 heavy (non-hydrogen) atoms. The second-order valence-corrected chi connectivity index (χ2v) is 6.75. The molecular weight excluding hydrogens is 352 g/mol. The predicted molar refractivity (Wildman–Crippen MR) is 99.2 cm³/mol. The number of rotatable bonds is 4. The number of benzene rings is 2. The molecule has 0 radical (unpaired) electrons. The van der Waals surface area contributed by atoms with E-state index in [1.807, 2.05) is 42.5 Å². The van der Waals surface area contributed by atoms with Gasteiger partial charge in [0.2, 0.25) is 0 Å². The van der Waals surface area contributed by atoms with E-state index >= 15 is 0 Å². The number of hydrogen-bond acceptors (Lipinski definition) is 3. The van der Waals surface area contributed by atoms with Gasteiger partial charge in [0, 0.05) is 23.2 Å². The largest absolute Gasteiger partial charge is 0.389 e. The van der Waals surface area contributed by atoms with Crippen LogP contribution in [0.3, 0.4) is 0 Å². The molecule has 2 atom stereocenters. The van der Waals surface area contributed by atoms with Crippen LogP contribution in [0, 0.1) is 0 Å². The van der Waals surface area contributed by atoms with Crippen LogP contribution in [0.2, 0.25) is 0 Å². The summed E-state index contributed by atoms with van der Waals surface area (Å²) in [6, 6.07) is 18.4. The summed E-state index contributed by atoms with van der Waals surface area (Å²) in [7, 11) is 0. The Kier molecular flexibility index (Phi) is 5.36. The van der Waals surface area contributed by atoms with Gasteiger partial charge in [-0.1, -0.05) is 52.3 Å². The number of hydrogen-bond donors (Lipinski definition) is 2.